The van der Waals surface area contributed by atoms with Gasteiger partial charge in [0.25, 0.3) is 0 Å². The number of fused-ring (bicyclic) bond motifs is 14. The van der Waals surface area contributed by atoms with E-state index in [1.165, 1.54) is 99.6 Å². The third kappa shape index (κ3) is 5.39. The molecular weight excluding hydrogens is 800 g/mol. The summed E-state index contributed by atoms with van der Waals surface area (Å²) in [4.78, 5) is 0. The molecule has 321 valence electrons. The van der Waals surface area contributed by atoms with Crippen LogP contribution in [0.4, 0.5) is 11.4 Å². The molecule has 4 heteroatoms. The zero-order valence-corrected chi connectivity index (χ0v) is 39.7. The molecule has 0 amide bonds. The molecule has 1 aliphatic heterocycles. The lowest BCUT2D eigenvalue weighted by molar-refractivity contribution is 0.590. The van der Waals surface area contributed by atoms with Gasteiger partial charge in [-0.05, 0) is 126 Å². The molecule has 3 nitrogen and oxygen atoms in total. The fourth-order valence-corrected chi connectivity index (χ4v) is 12.0. The molecule has 1 radical (unpaired) electrons. The number of furan rings is 1. The van der Waals surface area contributed by atoms with Crippen molar-refractivity contribution in [2.24, 2.45) is 0 Å². The second-order valence-electron chi connectivity index (χ2n) is 22.5. The van der Waals surface area contributed by atoms with Crippen LogP contribution >= 0.6 is 0 Å². The van der Waals surface area contributed by atoms with Gasteiger partial charge in [-0.15, -0.1) is 0 Å². The summed E-state index contributed by atoms with van der Waals surface area (Å²) in [7, 11) is 2.49. The van der Waals surface area contributed by atoms with Gasteiger partial charge in [0.15, 0.2) is 7.28 Å². The van der Waals surface area contributed by atoms with Gasteiger partial charge in [0.1, 0.15) is 11.2 Å². The van der Waals surface area contributed by atoms with E-state index in [0.29, 0.717) is 0 Å². The van der Waals surface area contributed by atoms with E-state index in [1.807, 2.05) is 0 Å². The van der Waals surface area contributed by atoms with Gasteiger partial charge in [-0.2, -0.15) is 0 Å². The number of aromatic nitrogens is 1. The van der Waals surface area contributed by atoms with Crippen molar-refractivity contribution in [1.29, 1.82) is 0 Å². The molecular formula is C62H54BN2O. The lowest BCUT2D eigenvalue weighted by Gasteiger charge is -2.27. The monoisotopic (exact) mass is 853 g/mol. The molecule has 10 aromatic rings. The maximum atomic E-state index is 6.71. The maximum Gasteiger partial charge on any atom is 0.197 e. The quantitative estimate of drug-likeness (QED) is 0.180. The molecule has 3 heterocycles. The summed E-state index contributed by atoms with van der Waals surface area (Å²) >= 11 is 0. The summed E-state index contributed by atoms with van der Waals surface area (Å²) in [5.41, 5.74) is 25.7. The van der Waals surface area contributed by atoms with Gasteiger partial charge in [-0.25, -0.2) is 0 Å². The molecule has 3 aliphatic rings. The van der Waals surface area contributed by atoms with Gasteiger partial charge >= 0.3 is 0 Å². The first-order valence-corrected chi connectivity index (χ1v) is 23.7. The lowest BCUT2D eigenvalue weighted by Crippen LogP contribution is -2.37. The fourth-order valence-electron chi connectivity index (χ4n) is 12.0. The number of hydrogen-bond donors (Lipinski definition) is 1. The van der Waals surface area contributed by atoms with Crippen molar-refractivity contribution >= 4 is 73.3 Å². The topological polar surface area (TPSA) is 30.1 Å². The smallest absolute Gasteiger partial charge is 0.197 e. The highest BCUT2D eigenvalue weighted by Gasteiger charge is 2.40. The van der Waals surface area contributed by atoms with Gasteiger partial charge < -0.3 is 14.3 Å². The first kappa shape index (κ1) is 39.6. The van der Waals surface area contributed by atoms with Crippen LogP contribution in [0.5, 0.6) is 0 Å². The maximum absolute atomic E-state index is 6.71. The minimum absolute atomic E-state index is 0.000298. The number of nitrogens with one attached hydrogen (secondary N) is 1. The van der Waals surface area contributed by atoms with E-state index in [1.54, 1.807) is 0 Å². The molecule has 0 saturated heterocycles. The molecule has 0 spiro atoms. The van der Waals surface area contributed by atoms with Crippen molar-refractivity contribution in [2.45, 2.75) is 90.9 Å². The third-order valence-corrected chi connectivity index (χ3v) is 15.7. The van der Waals surface area contributed by atoms with Gasteiger partial charge in [-0.1, -0.05) is 160 Å². The normalized spacial score (nSPS) is 15.2. The second kappa shape index (κ2) is 13.0. The Balaban J connectivity index is 1.11. The van der Waals surface area contributed by atoms with Crippen LogP contribution in [-0.4, -0.2) is 11.8 Å². The Morgan fingerprint density at radius 2 is 1.09 bits per heavy atom. The highest BCUT2D eigenvalue weighted by molar-refractivity contribution is 6.73. The van der Waals surface area contributed by atoms with Crippen LogP contribution in [0.25, 0.3) is 82.8 Å². The van der Waals surface area contributed by atoms with E-state index in [0.717, 1.165) is 38.9 Å². The first-order valence-electron chi connectivity index (χ1n) is 23.7. The van der Waals surface area contributed by atoms with Crippen molar-refractivity contribution in [1.82, 2.24) is 4.57 Å². The minimum Gasteiger partial charge on any atom is -0.456 e. The second-order valence-corrected chi connectivity index (χ2v) is 22.5. The molecule has 0 saturated carbocycles. The summed E-state index contributed by atoms with van der Waals surface area (Å²) in [5.74, 6) is 0. The summed E-state index contributed by atoms with van der Waals surface area (Å²) in [6, 6.07) is 53.1. The van der Waals surface area contributed by atoms with Gasteiger partial charge in [0.2, 0.25) is 0 Å². The van der Waals surface area contributed by atoms with Crippen LogP contribution < -0.4 is 16.2 Å². The van der Waals surface area contributed by atoms with Gasteiger partial charge in [-0.3, -0.25) is 0 Å². The highest BCUT2D eigenvalue weighted by atomic mass is 16.3. The molecule has 2 aliphatic carbocycles. The largest absolute Gasteiger partial charge is 0.456 e. The standard InChI is InChI=1S/C62H54BN2O/c1-59(2,3)34-19-22-36(23-20-34)64-52-33-56-46(45-27-35(60(4,5)6)21-26-55(45)66-56)29-43(52)39-24-25-40-44-28-41-37-15-11-13-17-47(37)61(7,8)49(41)31-53(44)65-54-32-50-42(30-51(54)63-57(39)58(40)65)38-16-12-14-18-48(38)62(50,9)10/h11-33,64H,1-10H3. The average Bonchev–Trinajstić information content (AvgIpc) is 3.95. The molecule has 1 N–H and O–H groups in total. The fraction of sp³-hybridized carbons (Fsp3) is 0.226. The molecule has 2 aromatic heterocycles. The number of rotatable bonds is 3. The van der Waals surface area contributed by atoms with E-state index >= 15 is 0 Å². The van der Waals surface area contributed by atoms with Crippen LogP contribution in [0.3, 0.4) is 0 Å². The summed E-state index contributed by atoms with van der Waals surface area (Å²) in [5, 5.41) is 8.75. The van der Waals surface area contributed by atoms with Crippen LogP contribution in [-0.2, 0) is 21.7 Å². The molecule has 8 aromatic carbocycles. The summed E-state index contributed by atoms with van der Waals surface area (Å²) in [6.45, 7) is 23.2. The van der Waals surface area contributed by atoms with Crippen LogP contribution in [0.1, 0.15) is 103 Å². The number of benzene rings is 8. The van der Waals surface area contributed by atoms with Crippen molar-refractivity contribution in [2.75, 3.05) is 5.32 Å². The Hall–Kier alpha value is -6.78. The Bertz CT molecular complexity index is 3770. The van der Waals surface area contributed by atoms with E-state index in [9.17, 15) is 0 Å². The Labute approximate surface area is 388 Å². The predicted octanol–water partition coefficient (Wildman–Crippen LogP) is 15.3. The number of anilines is 2. The van der Waals surface area contributed by atoms with Gasteiger partial charge in [0, 0.05) is 60.9 Å². The summed E-state index contributed by atoms with van der Waals surface area (Å²) < 4.78 is 9.34. The van der Waals surface area contributed by atoms with Crippen molar-refractivity contribution in [3.8, 4) is 39.1 Å². The third-order valence-electron chi connectivity index (χ3n) is 15.7. The highest BCUT2D eigenvalue weighted by Crippen LogP contribution is 2.53. The SMILES string of the molecule is CC(C)(C)c1ccc(Nc2cc3oc4ccc(C(C)(C)C)cc4c3cc2-c2ccc3c4cc5c(cc4n4c3c2[B]c2cc3c(cc2-4)C(C)(C)c2ccccc2-3)C(C)(C)c2ccccc2-5)cc1. The average molecular weight is 854 g/mol. The zero-order valence-electron chi connectivity index (χ0n) is 39.7. The Morgan fingerprint density at radius 1 is 0.485 bits per heavy atom. The molecule has 0 bridgehead atoms. The number of hydrogen-bond acceptors (Lipinski definition) is 2. The molecule has 0 atom stereocenters. The molecule has 66 heavy (non-hydrogen) atoms. The lowest BCUT2D eigenvalue weighted by atomic mass is 9.58. The van der Waals surface area contributed by atoms with Crippen molar-refractivity contribution in [3.05, 3.63) is 173 Å². The first-order chi connectivity index (χ1) is 31.5. The zero-order chi connectivity index (χ0) is 45.4. The van der Waals surface area contributed by atoms with Crippen molar-refractivity contribution in [3.63, 3.8) is 0 Å². The Morgan fingerprint density at radius 3 is 1.77 bits per heavy atom. The van der Waals surface area contributed by atoms with E-state index in [4.69, 9.17) is 4.42 Å². The van der Waals surface area contributed by atoms with E-state index < -0.39 is 0 Å². The van der Waals surface area contributed by atoms with Crippen LogP contribution in [0.15, 0.2) is 144 Å². The van der Waals surface area contributed by atoms with Crippen molar-refractivity contribution < 1.29 is 4.42 Å². The summed E-state index contributed by atoms with van der Waals surface area (Å²) in [6.07, 6.45) is 0. The molecule has 13 rings (SSSR count). The predicted molar refractivity (Wildman–Crippen MR) is 281 cm³/mol. The van der Waals surface area contributed by atoms with Crippen LogP contribution in [0, 0.1) is 0 Å². The van der Waals surface area contributed by atoms with Gasteiger partial charge in [0.05, 0.1) is 11.2 Å². The Kier molecular flexibility index (Phi) is 7.78. The molecule has 0 unspecified atom stereocenters. The number of nitrogens with zero attached hydrogens (tertiary/aromatic N) is 1. The molecule has 0 fully saturated rings. The minimum atomic E-state index is -0.128. The van der Waals surface area contributed by atoms with E-state index in [2.05, 4.69) is 226 Å². The van der Waals surface area contributed by atoms with Crippen LogP contribution in [0.2, 0.25) is 0 Å². The van der Waals surface area contributed by atoms with E-state index in [-0.39, 0.29) is 21.7 Å².